The molecular formula is C52H34N4. The van der Waals surface area contributed by atoms with E-state index in [1.165, 1.54) is 38.1 Å². The third kappa shape index (κ3) is 5.31. The van der Waals surface area contributed by atoms with Crippen molar-refractivity contribution < 1.29 is 0 Å². The molecule has 11 rings (SSSR count). The Labute approximate surface area is 324 Å². The smallest absolute Gasteiger partial charge is 0.160 e. The molecule has 0 spiro atoms. The first kappa shape index (κ1) is 31.9. The lowest BCUT2D eigenvalue weighted by atomic mass is 10.0. The highest BCUT2D eigenvalue weighted by Crippen LogP contribution is 2.37. The summed E-state index contributed by atoms with van der Waals surface area (Å²) in [6.45, 7) is 0. The van der Waals surface area contributed by atoms with Crippen LogP contribution in [-0.4, -0.2) is 19.1 Å². The summed E-state index contributed by atoms with van der Waals surface area (Å²) in [5, 5.41) is 4.98. The highest BCUT2D eigenvalue weighted by Gasteiger charge is 2.16. The minimum atomic E-state index is 0.700. The summed E-state index contributed by atoms with van der Waals surface area (Å²) in [7, 11) is 0. The third-order valence-corrected chi connectivity index (χ3v) is 10.9. The van der Waals surface area contributed by atoms with E-state index in [1.807, 2.05) is 12.1 Å². The largest absolute Gasteiger partial charge is 0.309 e. The van der Waals surface area contributed by atoms with Crippen molar-refractivity contribution in [3.63, 3.8) is 0 Å². The summed E-state index contributed by atoms with van der Waals surface area (Å²) in [6, 6.07) is 73.2. The fourth-order valence-corrected chi connectivity index (χ4v) is 8.31. The highest BCUT2D eigenvalue weighted by molar-refractivity contribution is 6.11. The molecule has 4 heteroatoms. The molecule has 4 nitrogen and oxygen atoms in total. The Kier molecular flexibility index (Phi) is 7.46. The summed E-state index contributed by atoms with van der Waals surface area (Å²) in [5.41, 5.74) is 14.1. The van der Waals surface area contributed by atoms with Crippen molar-refractivity contribution in [3.8, 4) is 56.4 Å². The van der Waals surface area contributed by atoms with Crippen molar-refractivity contribution in [1.29, 1.82) is 0 Å². The second kappa shape index (κ2) is 13.1. The average Bonchev–Trinajstić information content (AvgIpc) is 3.79. The lowest BCUT2D eigenvalue weighted by Crippen LogP contribution is -1.97. The van der Waals surface area contributed by atoms with Gasteiger partial charge in [0.2, 0.25) is 0 Å². The van der Waals surface area contributed by atoms with Gasteiger partial charge in [-0.3, -0.25) is 0 Å². The van der Waals surface area contributed by atoms with Crippen LogP contribution in [-0.2, 0) is 0 Å². The predicted molar refractivity (Wildman–Crippen MR) is 232 cm³/mol. The molecule has 0 amide bonds. The summed E-state index contributed by atoms with van der Waals surface area (Å²) in [6.07, 6.45) is 0. The zero-order valence-corrected chi connectivity index (χ0v) is 30.4. The molecule has 0 bridgehead atoms. The zero-order chi connectivity index (χ0) is 37.0. The first-order chi connectivity index (χ1) is 27.8. The van der Waals surface area contributed by atoms with Crippen molar-refractivity contribution in [2.75, 3.05) is 0 Å². The first-order valence-corrected chi connectivity index (χ1v) is 19.0. The number of rotatable bonds is 6. The summed E-state index contributed by atoms with van der Waals surface area (Å²) in [4.78, 5) is 10.2. The van der Waals surface area contributed by atoms with Crippen molar-refractivity contribution >= 4 is 43.6 Å². The van der Waals surface area contributed by atoms with Crippen LogP contribution in [0.3, 0.4) is 0 Å². The van der Waals surface area contributed by atoms with E-state index in [2.05, 4.69) is 203 Å². The van der Waals surface area contributed by atoms with E-state index in [9.17, 15) is 0 Å². The standard InChI is InChI=1S/C52H34N4/c1-3-14-35(15-4-1)46-34-47(36-16-5-2-6-17-36)54-52(53-46)39-19-13-18-37(32-39)38-26-31-45-44-22-9-12-25-50(44)56(51(45)33-38)41-29-27-40(28-30-41)55-48-23-10-7-20-42(48)43-21-8-11-24-49(43)55/h1-34H. The van der Waals surface area contributed by atoms with Gasteiger partial charge in [-0.2, -0.15) is 0 Å². The molecule has 0 aliphatic heterocycles. The Morgan fingerprint density at radius 1 is 0.268 bits per heavy atom. The molecule has 8 aromatic carbocycles. The maximum Gasteiger partial charge on any atom is 0.160 e. The number of para-hydroxylation sites is 3. The molecule has 0 aliphatic rings. The molecule has 0 saturated heterocycles. The van der Waals surface area contributed by atoms with Crippen LogP contribution in [0.2, 0.25) is 0 Å². The summed E-state index contributed by atoms with van der Waals surface area (Å²) < 4.78 is 4.76. The zero-order valence-electron chi connectivity index (χ0n) is 30.4. The van der Waals surface area contributed by atoms with Gasteiger partial charge in [-0.1, -0.05) is 146 Å². The monoisotopic (exact) mass is 714 g/mol. The maximum absolute atomic E-state index is 5.11. The molecule has 0 atom stereocenters. The van der Waals surface area contributed by atoms with E-state index < -0.39 is 0 Å². The molecule has 262 valence electrons. The van der Waals surface area contributed by atoms with E-state index in [0.29, 0.717) is 5.82 Å². The van der Waals surface area contributed by atoms with Gasteiger partial charge >= 0.3 is 0 Å². The van der Waals surface area contributed by atoms with Gasteiger partial charge in [-0.15, -0.1) is 0 Å². The number of hydrogen-bond acceptors (Lipinski definition) is 2. The Balaban J connectivity index is 1.03. The van der Waals surface area contributed by atoms with Crippen LogP contribution >= 0.6 is 0 Å². The van der Waals surface area contributed by atoms with Crippen LogP contribution in [0.15, 0.2) is 206 Å². The van der Waals surface area contributed by atoms with Gasteiger partial charge in [-0.25, -0.2) is 9.97 Å². The number of hydrogen-bond donors (Lipinski definition) is 0. The normalized spacial score (nSPS) is 11.6. The molecule has 11 aromatic rings. The van der Waals surface area contributed by atoms with E-state index in [0.717, 1.165) is 56.1 Å². The fourth-order valence-electron chi connectivity index (χ4n) is 8.31. The molecule has 3 heterocycles. The second-order valence-electron chi connectivity index (χ2n) is 14.2. The topological polar surface area (TPSA) is 35.6 Å². The quantitative estimate of drug-likeness (QED) is 0.172. The molecule has 0 unspecified atom stereocenters. The molecule has 3 aromatic heterocycles. The number of fused-ring (bicyclic) bond motifs is 6. The minimum absolute atomic E-state index is 0.700. The van der Waals surface area contributed by atoms with Crippen LogP contribution in [0.4, 0.5) is 0 Å². The predicted octanol–water partition coefficient (Wildman–Crippen LogP) is 13.3. The Bertz CT molecular complexity index is 3120. The molecule has 0 aliphatic carbocycles. The van der Waals surface area contributed by atoms with Gasteiger partial charge < -0.3 is 9.13 Å². The highest BCUT2D eigenvalue weighted by atomic mass is 15.0. The van der Waals surface area contributed by atoms with Gasteiger partial charge in [-0.05, 0) is 71.8 Å². The van der Waals surface area contributed by atoms with Crippen molar-refractivity contribution in [2.45, 2.75) is 0 Å². The Morgan fingerprint density at radius 3 is 1.21 bits per heavy atom. The van der Waals surface area contributed by atoms with Gasteiger partial charge in [0.25, 0.3) is 0 Å². The van der Waals surface area contributed by atoms with E-state index >= 15 is 0 Å². The molecule has 0 saturated carbocycles. The van der Waals surface area contributed by atoms with E-state index in [-0.39, 0.29) is 0 Å². The van der Waals surface area contributed by atoms with Crippen LogP contribution in [0.5, 0.6) is 0 Å². The summed E-state index contributed by atoms with van der Waals surface area (Å²) in [5.74, 6) is 0.700. The number of benzene rings is 8. The molecular weight excluding hydrogens is 681 g/mol. The van der Waals surface area contributed by atoms with Crippen LogP contribution < -0.4 is 0 Å². The van der Waals surface area contributed by atoms with Crippen molar-refractivity contribution in [1.82, 2.24) is 19.1 Å². The minimum Gasteiger partial charge on any atom is -0.309 e. The van der Waals surface area contributed by atoms with Gasteiger partial charge in [0.1, 0.15) is 0 Å². The lowest BCUT2D eigenvalue weighted by molar-refractivity contribution is 1.14. The lowest BCUT2D eigenvalue weighted by Gasteiger charge is -2.12. The van der Waals surface area contributed by atoms with Crippen molar-refractivity contribution in [2.24, 2.45) is 0 Å². The number of nitrogens with zero attached hydrogens (tertiary/aromatic N) is 4. The van der Waals surface area contributed by atoms with Crippen LogP contribution in [0.25, 0.3) is 100 Å². The summed E-state index contributed by atoms with van der Waals surface area (Å²) >= 11 is 0. The number of aromatic nitrogens is 4. The molecule has 0 N–H and O–H groups in total. The Hall–Kier alpha value is -7.56. The van der Waals surface area contributed by atoms with Crippen LogP contribution in [0.1, 0.15) is 0 Å². The molecule has 0 fully saturated rings. The second-order valence-corrected chi connectivity index (χ2v) is 14.2. The van der Waals surface area contributed by atoms with Gasteiger partial charge in [0, 0.05) is 49.6 Å². The van der Waals surface area contributed by atoms with Crippen molar-refractivity contribution in [3.05, 3.63) is 206 Å². The third-order valence-electron chi connectivity index (χ3n) is 10.9. The SMILES string of the molecule is c1ccc(-c2cc(-c3ccccc3)nc(-c3cccc(-c4ccc5c6ccccc6n(-c6ccc(-n7c8ccccc8c8ccccc87)cc6)c5c4)c3)n2)cc1. The molecule has 56 heavy (non-hydrogen) atoms. The van der Waals surface area contributed by atoms with Crippen LogP contribution in [0, 0.1) is 0 Å². The van der Waals surface area contributed by atoms with Gasteiger partial charge in [0.05, 0.1) is 33.5 Å². The Morgan fingerprint density at radius 2 is 0.679 bits per heavy atom. The maximum atomic E-state index is 5.11. The first-order valence-electron chi connectivity index (χ1n) is 19.0. The average molecular weight is 715 g/mol. The fraction of sp³-hybridized carbons (Fsp3) is 0. The van der Waals surface area contributed by atoms with E-state index in [1.54, 1.807) is 0 Å². The van der Waals surface area contributed by atoms with Gasteiger partial charge in [0.15, 0.2) is 5.82 Å². The molecule has 0 radical (unpaired) electrons. The van der Waals surface area contributed by atoms with E-state index in [4.69, 9.17) is 9.97 Å².